The van der Waals surface area contributed by atoms with Crippen LogP contribution in [0.2, 0.25) is 19.6 Å². The van der Waals surface area contributed by atoms with Crippen molar-refractivity contribution in [2.75, 3.05) is 6.61 Å². The number of nitrogens with zero attached hydrogens (tertiary/aromatic N) is 2. The van der Waals surface area contributed by atoms with Gasteiger partial charge in [-0.25, -0.2) is 0 Å². The minimum absolute atomic E-state index is 0.00491. The fourth-order valence-electron chi connectivity index (χ4n) is 3.84. The van der Waals surface area contributed by atoms with Crippen molar-refractivity contribution in [1.29, 1.82) is 0 Å². The summed E-state index contributed by atoms with van der Waals surface area (Å²) in [5.74, 6) is 0.681. The Labute approximate surface area is 154 Å². The Kier molecular flexibility index (Phi) is 5.07. The molecule has 2 heterocycles. The normalized spacial score (nSPS) is 26.2. The molecule has 0 saturated carbocycles. The van der Waals surface area contributed by atoms with E-state index in [1.807, 2.05) is 11.8 Å². The molecule has 1 amide bonds. The average molecular weight is 379 g/mol. The maximum Gasteiger partial charge on any atom is 0.270 e. The molecule has 142 valence electrons. The molecule has 0 bridgehead atoms. The van der Waals surface area contributed by atoms with Crippen LogP contribution in [0, 0.1) is 10.1 Å². The van der Waals surface area contributed by atoms with Crippen LogP contribution in [0.1, 0.15) is 37.8 Å². The lowest BCUT2D eigenvalue weighted by molar-refractivity contribution is -0.385. The van der Waals surface area contributed by atoms with E-state index in [0.29, 0.717) is 30.8 Å². The zero-order valence-electron chi connectivity index (χ0n) is 15.7. The first-order chi connectivity index (χ1) is 12.2. The SMILES string of the molecule is CC1CCC(=O)N1[C@@H]1c2cc([N+](=O)[O-])ccc2OCC[C@H]1O[Si](C)(C)C. The number of carbonyl (C=O) groups is 1. The lowest BCUT2D eigenvalue weighted by Gasteiger charge is -2.39. The molecule has 0 radical (unpaired) electrons. The molecule has 0 spiro atoms. The molecule has 1 aromatic carbocycles. The standard InChI is InChI=1S/C18H26N2O5Si/c1-12-5-8-17(21)19(12)18-14-11-13(20(22)23)6-7-15(14)24-10-9-16(18)25-26(2,3)4/h6-7,11-12,16,18H,5,8-10H2,1-4H3/t12?,16-,18-/m1/s1. The van der Waals surface area contributed by atoms with Crippen LogP contribution in [-0.4, -0.2) is 42.8 Å². The summed E-state index contributed by atoms with van der Waals surface area (Å²) in [4.78, 5) is 25.4. The van der Waals surface area contributed by atoms with Crippen molar-refractivity contribution >= 4 is 19.9 Å². The van der Waals surface area contributed by atoms with Gasteiger partial charge in [0.25, 0.3) is 5.69 Å². The molecule has 1 aromatic rings. The van der Waals surface area contributed by atoms with Gasteiger partial charge < -0.3 is 14.1 Å². The van der Waals surface area contributed by atoms with Gasteiger partial charge in [-0.1, -0.05) is 0 Å². The molecular weight excluding hydrogens is 352 g/mol. The molecule has 0 N–H and O–H groups in total. The van der Waals surface area contributed by atoms with Gasteiger partial charge in [0.1, 0.15) is 5.75 Å². The quantitative estimate of drug-likeness (QED) is 0.454. The van der Waals surface area contributed by atoms with Gasteiger partial charge in [0.05, 0.1) is 23.7 Å². The second-order valence-electron chi connectivity index (χ2n) is 8.02. The number of ether oxygens (including phenoxy) is 1. The molecule has 3 atom stereocenters. The third-order valence-electron chi connectivity index (χ3n) is 4.88. The van der Waals surface area contributed by atoms with Gasteiger partial charge in [-0.3, -0.25) is 14.9 Å². The number of hydrogen-bond donors (Lipinski definition) is 0. The Morgan fingerprint density at radius 3 is 2.62 bits per heavy atom. The highest BCUT2D eigenvalue weighted by atomic mass is 28.4. The lowest BCUT2D eigenvalue weighted by atomic mass is 9.96. The van der Waals surface area contributed by atoms with Gasteiger partial charge in [-0.05, 0) is 39.1 Å². The molecule has 1 saturated heterocycles. The minimum Gasteiger partial charge on any atom is -0.493 e. The number of rotatable bonds is 4. The monoisotopic (exact) mass is 378 g/mol. The predicted molar refractivity (Wildman–Crippen MR) is 99.7 cm³/mol. The zero-order valence-corrected chi connectivity index (χ0v) is 16.7. The van der Waals surface area contributed by atoms with Crippen molar-refractivity contribution in [3.8, 4) is 5.75 Å². The minimum atomic E-state index is -1.89. The smallest absolute Gasteiger partial charge is 0.270 e. The summed E-state index contributed by atoms with van der Waals surface area (Å²) in [6, 6.07) is 4.35. The van der Waals surface area contributed by atoms with E-state index >= 15 is 0 Å². The maximum absolute atomic E-state index is 12.6. The van der Waals surface area contributed by atoms with Gasteiger partial charge in [-0.15, -0.1) is 0 Å². The highest BCUT2D eigenvalue weighted by Crippen LogP contribution is 2.43. The molecule has 2 aliphatic rings. The van der Waals surface area contributed by atoms with Gasteiger partial charge in [0, 0.05) is 36.6 Å². The topological polar surface area (TPSA) is 81.9 Å². The molecule has 1 unspecified atom stereocenters. The summed E-state index contributed by atoms with van der Waals surface area (Å²) >= 11 is 0. The van der Waals surface area contributed by atoms with Crippen LogP contribution in [-0.2, 0) is 9.22 Å². The summed E-state index contributed by atoms with van der Waals surface area (Å²) in [5, 5.41) is 11.3. The lowest BCUT2D eigenvalue weighted by Crippen LogP contribution is -2.45. The van der Waals surface area contributed by atoms with Crippen LogP contribution in [0.25, 0.3) is 0 Å². The van der Waals surface area contributed by atoms with E-state index in [4.69, 9.17) is 9.16 Å². The van der Waals surface area contributed by atoms with Crippen LogP contribution in [0.15, 0.2) is 18.2 Å². The van der Waals surface area contributed by atoms with E-state index in [9.17, 15) is 14.9 Å². The Bertz CT molecular complexity index is 718. The number of carbonyl (C=O) groups excluding carboxylic acids is 1. The maximum atomic E-state index is 12.6. The van der Waals surface area contributed by atoms with E-state index in [1.54, 1.807) is 12.1 Å². The number of amides is 1. The Hall–Kier alpha value is -1.93. The van der Waals surface area contributed by atoms with E-state index in [-0.39, 0.29) is 29.8 Å². The first kappa shape index (κ1) is 18.8. The average Bonchev–Trinajstić information content (AvgIpc) is 2.77. The van der Waals surface area contributed by atoms with Crippen molar-refractivity contribution in [3.63, 3.8) is 0 Å². The summed E-state index contributed by atoms with van der Waals surface area (Å²) in [7, 11) is -1.89. The van der Waals surface area contributed by atoms with Gasteiger partial charge in [0.2, 0.25) is 5.91 Å². The first-order valence-corrected chi connectivity index (χ1v) is 12.5. The predicted octanol–water partition coefficient (Wildman–Crippen LogP) is 3.65. The number of fused-ring (bicyclic) bond motifs is 1. The molecule has 0 aliphatic carbocycles. The third-order valence-corrected chi connectivity index (χ3v) is 5.89. The van der Waals surface area contributed by atoms with E-state index in [1.165, 1.54) is 6.07 Å². The van der Waals surface area contributed by atoms with E-state index < -0.39 is 13.2 Å². The number of hydrogen-bond acceptors (Lipinski definition) is 5. The van der Waals surface area contributed by atoms with Gasteiger partial charge >= 0.3 is 0 Å². The van der Waals surface area contributed by atoms with Crippen LogP contribution < -0.4 is 4.74 Å². The molecule has 2 aliphatic heterocycles. The summed E-state index contributed by atoms with van der Waals surface area (Å²) < 4.78 is 12.3. The Balaban J connectivity index is 2.11. The fraction of sp³-hybridized carbons (Fsp3) is 0.611. The summed E-state index contributed by atoms with van der Waals surface area (Å²) in [6.45, 7) is 8.82. The fourth-order valence-corrected chi connectivity index (χ4v) is 4.99. The third kappa shape index (κ3) is 3.76. The largest absolute Gasteiger partial charge is 0.493 e. The molecule has 8 heteroatoms. The Morgan fingerprint density at radius 2 is 2.04 bits per heavy atom. The first-order valence-electron chi connectivity index (χ1n) is 9.07. The van der Waals surface area contributed by atoms with Crippen LogP contribution in [0.5, 0.6) is 5.75 Å². The van der Waals surface area contributed by atoms with E-state index in [0.717, 1.165) is 6.42 Å². The highest BCUT2D eigenvalue weighted by molar-refractivity contribution is 6.69. The molecule has 7 nitrogen and oxygen atoms in total. The molecule has 26 heavy (non-hydrogen) atoms. The second-order valence-corrected chi connectivity index (χ2v) is 12.5. The van der Waals surface area contributed by atoms with Crippen molar-refractivity contribution in [3.05, 3.63) is 33.9 Å². The zero-order chi connectivity index (χ0) is 19.1. The second kappa shape index (κ2) is 7.00. The number of benzene rings is 1. The van der Waals surface area contributed by atoms with Crippen molar-refractivity contribution in [2.45, 2.75) is 64.0 Å². The van der Waals surface area contributed by atoms with Crippen LogP contribution in [0.3, 0.4) is 0 Å². The van der Waals surface area contributed by atoms with Gasteiger partial charge in [0.15, 0.2) is 8.32 Å². The van der Waals surface area contributed by atoms with Crippen molar-refractivity contribution in [2.24, 2.45) is 0 Å². The highest BCUT2D eigenvalue weighted by Gasteiger charge is 2.43. The van der Waals surface area contributed by atoms with E-state index in [2.05, 4.69) is 19.6 Å². The molecule has 0 aromatic heterocycles. The molecule has 1 fully saturated rings. The van der Waals surface area contributed by atoms with Crippen molar-refractivity contribution < 1.29 is 18.9 Å². The Morgan fingerprint density at radius 1 is 1.31 bits per heavy atom. The summed E-state index contributed by atoms with van der Waals surface area (Å²) in [5.41, 5.74) is 0.687. The number of non-ortho nitro benzene ring substituents is 1. The summed E-state index contributed by atoms with van der Waals surface area (Å²) in [6.07, 6.45) is 1.71. The molecular formula is C18H26N2O5Si. The number of likely N-dealkylation sites (tertiary alicyclic amines) is 1. The van der Waals surface area contributed by atoms with Crippen molar-refractivity contribution in [1.82, 2.24) is 4.90 Å². The van der Waals surface area contributed by atoms with Gasteiger partial charge in [-0.2, -0.15) is 0 Å². The van der Waals surface area contributed by atoms with Crippen LogP contribution >= 0.6 is 0 Å². The van der Waals surface area contributed by atoms with Crippen LogP contribution in [0.4, 0.5) is 5.69 Å². The number of nitro benzene ring substituents is 1. The number of nitro groups is 1. The molecule has 3 rings (SSSR count).